The zero-order valence-electron chi connectivity index (χ0n) is 11.8. The molecule has 4 rings (SSSR count). The number of fused-ring (bicyclic) bond motifs is 1. The van der Waals surface area contributed by atoms with Crippen molar-refractivity contribution in [2.45, 2.75) is 18.9 Å². The molecule has 7 heteroatoms. The number of aromatic nitrogens is 1. The SMILES string of the molecule is O=C(Nc1ccon1)N1CCCC1c1ccc2c(c1)OCO2. The van der Waals surface area contributed by atoms with Gasteiger partial charge in [0.2, 0.25) is 6.79 Å². The van der Waals surface area contributed by atoms with Gasteiger partial charge in [-0.1, -0.05) is 11.2 Å². The first kappa shape index (κ1) is 13.0. The fraction of sp³-hybridized carbons (Fsp3) is 0.333. The minimum Gasteiger partial charge on any atom is -0.454 e. The Bertz CT molecular complexity index is 686. The van der Waals surface area contributed by atoms with E-state index in [2.05, 4.69) is 10.5 Å². The summed E-state index contributed by atoms with van der Waals surface area (Å²) in [6.45, 7) is 0.961. The molecular weight excluding hydrogens is 286 g/mol. The average molecular weight is 301 g/mol. The van der Waals surface area contributed by atoms with Crippen molar-refractivity contribution in [2.24, 2.45) is 0 Å². The Balaban J connectivity index is 1.54. The zero-order valence-corrected chi connectivity index (χ0v) is 11.8. The summed E-state index contributed by atoms with van der Waals surface area (Å²) >= 11 is 0. The van der Waals surface area contributed by atoms with E-state index >= 15 is 0 Å². The van der Waals surface area contributed by atoms with E-state index < -0.39 is 0 Å². The molecule has 1 aromatic carbocycles. The van der Waals surface area contributed by atoms with Crippen LogP contribution in [0.3, 0.4) is 0 Å². The van der Waals surface area contributed by atoms with Crippen LogP contribution >= 0.6 is 0 Å². The van der Waals surface area contributed by atoms with Gasteiger partial charge in [-0.05, 0) is 30.5 Å². The zero-order chi connectivity index (χ0) is 14.9. The van der Waals surface area contributed by atoms with E-state index in [0.29, 0.717) is 12.4 Å². The van der Waals surface area contributed by atoms with Gasteiger partial charge in [-0.2, -0.15) is 0 Å². The van der Waals surface area contributed by atoms with E-state index in [1.54, 1.807) is 6.07 Å². The van der Waals surface area contributed by atoms with Crippen LogP contribution < -0.4 is 14.8 Å². The molecular formula is C15H15N3O4. The highest BCUT2D eigenvalue weighted by Crippen LogP contribution is 2.39. The van der Waals surface area contributed by atoms with Crippen LogP contribution in [0.15, 0.2) is 35.1 Å². The maximum absolute atomic E-state index is 12.4. The molecule has 1 unspecified atom stereocenters. The summed E-state index contributed by atoms with van der Waals surface area (Å²) in [6, 6.07) is 7.30. The van der Waals surface area contributed by atoms with Crippen LogP contribution in [-0.4, -0.2) is 29.4 Å². The first-order valence-electron chi connectivity index (χ1n) is 7.19. The molecule has 1 N–H and O–H groups in total. The van der Waals surface area contributed by atoms with Gasteiger partial charge in [-0.15, -0.1) is 0 Å². The second-order valence-electron chi connectivity index (χ2n) is 5.28. The van der Waals surface area contributed by atoms with Crippen LogP contribution in [0.2, 0.25) is 0 Å². The molecule has 1 atom stereocenters. The van der Waals surface area contributed by atoms with E-state index in [0.717, 1.165) is 29.9 Å². The number of carbonyl (C=O) groups is 1. The van der Waals surface area contributed by atoms with Gasteiger partial charge >= 0.3 is 6.03 Å². The average Bonchev–Trinajstić information content (AvgIpc) is 3.27. The number of nitrogens with one attached hydrogen (secondary N) is 1. The summed E-state index contributed by atoms with van der Waals surface area (Å²) < 4.78 is 15.5. The van der Waals surface area contributed by atoms with Crippen LogP contribution in [-0.2, 0) is 0 Å². The van der Waals surface area contributed by atoms with Crippen molar-refractivity contribution in [3.8, 4) is 11.5 Å². The van der Waals surface area contributed by atoms with Gasteiger partial charge in [-0.3, -0.25) is 5.32 Å². The van der Waals surface area contributed by atoms with Gasteiger partial charge in [0.1, 0.15) is 6.26 Å². The summed E-state index contributed by atoms with van der Waals surface area (Å²) in [7, 11) is 0. The van der Waals surface area contributed by atoms with Crippen molar-refractivity contribution in [3.05, 3.63) is 36.1 Å². The normalized spacial score (nSPS) is 19.5. The monoisotopic (exact) mass is 301 g/mol. The minimum absolute atomic E-state index is 0.0291. The van der Waals surface area contributed by atoms with E-state index in [1.165, 1.54) is 6.26 Å². The summed E-state index contributed by atoms with van der Waals surface area (Å²) in [5.74, 6) is 1.91. The minimum atomic E-state index is -0.172. The molecule has 1 saturated heterocycles. The molecule has 3 heterocycles. The molecule has 0 spiro atoms. The Hall–Kier alpha value is -2.70. The maximum Gasteiger partial charge on any atom is 0.323 e. The smallest absolute Gasteiger partial charge is 0.323 e. The molecule has 1 aromatic heterocycles. The third-order valence-electron chi connectivity index (χ3n) is 3.97. The number of hydrogen-bond acceptors (Lipinski definition) is 5. The quantitative estimate of drug-likeness (QED) is 0.923. The Morgan fingerprint density at radius 3 is 3.05 bits per heavy atom. The lowest BCUT2D eigenvalue weighted by Crippen LogP contribution is -2.34. The van der Waals surface area contributed by atoms with E-state index in [-0.39, 0.29) is 18.9 Å². The molecule has 0 bridgehead atoms. The highest BCUT2D eigenvalue weighted by Gasteiger charge is 2.31. The number of hydrogen-bond donors (Lipinski definition) is 1. The van der Waals surface area contributed by atoms with Crippen molar-refractivity contribution >= 4 is 11.8 Å². The highest BCUT2D eigenvalue weighted by atomic mass is 16.7. The Labute approximate surface area is 126 Å². The number of urea groups is 1. The predicted molar refractivity (Wildman–Crippen MR) is 76.8 cm³/mol. The van der Waals surface area contributed by atoms with Gasteiger partial charge in [0.15, 0.2) is 17.3 Å². The summed E-state index contributed by atoms with van der Waals surface area (Å²) in [6.07, 6.45) is 3.31. The lowest BCUT2D eigenvalue weighted by Gasteiger charge is -2.25. The van der Waals surface area contributed by atoms with E-state index in [9.17, 15) is 4.79 Å². The molecule has 0 aliphatic carbocycles. The number of amides is 2. The van der Waals surface area contributed by atoms with Crippen molar-refractivity contribution in [1.82, 2.24) is 10.1 Å². The molecule has 2 amide bonds. The molecule has 0 radical (unpaired) electrons. The van der Waals surface area contributed by atoms with Crippen LogP contribution in [0.4, 0.5) is 10.6 Å². The van der Waals surface area contributed by atoms with Crippen molar-refractivity contribution < 1.29 is 18.8 Å². The Morgan fingerprint density at radius 1 is 1.27 bits per heavy atom. The van der Waals surface area contributed by atoms with Crippen LogP contribution in [0, 0.1) is 0 Å². The fourth-order valence-electron chi connectivity index (χ4n) is 2.94. The molecule has 2 aliphatic heterocycles. The highest BCUT2D eigenvalue weighted by molar-refractivity contribution is 5.88. The second-order valence-corrected chi connectivity index (χ2v) is 5.28. The summed E-state index contributed by atoms with van der Waals surface area (Å²) in [5, 5.41) is 6.44. The number of likely N-dealkylation sites (tertiary alicyclic amines) is 1. The van der Waals surface area contributed by atoms with Crippen molar-refractivity contribution in [2.75, 3.05) is 18.7 Å². The Kier molecular flexibility index (Phi) is 3.10. The molecule has 22 heavy (non-hydrogen) atoms. The number of rotatable bonds is 2. The molecule has 7 nitrogen and oxygen atoms in total. The topological polar surface area (TPSA) is 76.8 Å². The van der Waals surface area contributed by atoms with Crippen LogP contribution in [0.5, 0.6) is 11.5 Å². The number of nitrogens with zero attached hydrogens (tertiary/aromatic N) is 2. The summed E-state index contributed by atoms with van der Waals surface area (Å²) in [5.41, 5.74) is 1.05. The van der Waals surface area contributed by atoms with Gasteiger partial charge in [-0.25, -0.2) is 4.79 Å². The van der Waals surface area contributed by atoms with Crippen molar-refractivity contribution in [1.29, 1.82) is 0 Å². The van der Waals surface area contributed by atoms with Crippen LogP contribution in [0.1, 0.15) is 24.4 Å². The fourth-order valence-corrected chi connectivity index (χ4v) is 2.94. The molecule has 0 saturated carbocycles. The van der Waals surface area contributed by atoms with E-state index in [4.69, 9.17) is 14.0 Å². The first-order chi connectivity index (χ1) is 10.8. The molecule has 2 aliphatic rings. The Morgan fingerprint density at radius 2 is 2.18 bits per heavy atom. The third-order valence-corrected chi connectivity index (χ3v) is 3.97. The predicted octanol–water partition coefficient (Wildman–Crippen LogP) is 2.77. The third kappa shape index (κ3) is 2.24. The van der Waals surface area contributed by atoms with E-state index in [1.807, 2.05) is 23.1 Å². The summed E-state index contributed by atoms with van der Waals surface area (Å²) in [4.78, 5) is 14.2. The largest absolute Gasteiger partial charge is 0.454 e. The lowest BCUT2D eigenvalue weighted by molar-refractivity contribution is 0.173. The first-order valence-corrected chi connectivity index (χ1v) is 7.19. The lowest BCUT2D eigenvalue weighted by atomic mass is 10.0. The second kappa shape index (κ2) is 5.25. The maximum atomic E-state index is 12.4. The van der Waals surface area contributed by atoms with Gasteiger partial charge in [0, 0.05) is 12.6 Å². The van der Waals surface area contributed by atoms with Gasteiger partial charge < -0.3 is 18.9 Å². The molecule has 114 valence electrons. The van der Waals surface area contributed by atoms with Gasteiger partial charge in [0.05, 0.1) is 6.04 Å². The number of benzene rings is 1. The molecule has 2 aromatic rings. The number of anilines is 1. The number of ether oxygens (including phenoxy) is 2. The number of carbonyl (C=O) groups excluding carboxylic acids is 1. The van der Waals surface area contributed by atoms with Crippen LogP contribution in [0.25, 0.3) is 0 Å². The van der Waals surface area contributed by atoms with Crippen molar-refractivity contribution in [3.63, 3.8) is 0 Å². The molecule has 1 fully saturated rings. The van der Waals surface area contributed by atoms with Gasteiger partial charge in [0.25, 0.3) is 0 Å². The standard InChI is InChI=1S/C15H15N3O4/c19-15(16-14-5-7-22-17-14)18-6-1-2-11(18)10-3-4-12-13(8-10)21-9-20-12/h3-5,7-8,11H,1-2,6,9H2,(H,16,17,19).